The highest BCUT2D eigenvalue weighted by molar-refractivity contribution is 6.05. The minimum atomic E-state index is -4.64. The molecule has 1 amide bonds. The number of anilines is 1. The number of carbonyl (C=O) groups is 1. The van der Waals surface area contributed by atoms with Gasteiger partial charge < -0.3 is 9.88 Å². The first-order valence-corrected chi connectivity index (χ1v) is 5.94. The fourth-order valence-electron chi connectivity index (χ4n) is 1.81. The molecular weight excluding hydrogens is 285 g/mol. The van der Waals surface area contributed by atoms with Crippen LogP contribution in [-0.4, -0.2) is 10.5 Å². The molecule has 0 atom stereocenters. The van der Waals surface area contributed by atoms with Gasteiger partial charge in [-0.2, -0.15) is 13.2 Å². The van der Waals surface area contributed by atoms with Gasteiger partial charge in [-0.1, -0.05) is 12.1 Å². The quantitative estimate of drug-likeness (QED) is 0.926. The number of rotatable bonds is 2. The lowest BCUT2D eigenvalue weighted by Crippen LogP contribution is -2.25. The molecule has 0 saturated carbocycles. The second-order valence-electron chi connectivity index (χ2n) is 4.34. The third-order valence-corrected chi connectivity index (χ3v) is 2.85. The Morgan fingerprint density at radius 3 is 2.48 bits per heavy atom. The average molecular weight is 296 g/mol. The van der Waals surface area contributed by atoms with Gasteiger partial charge in [-0.05, 0) is 24.3 Å². The summed E-state index contributed by atoms with van der Waals surface area (Å²) in [6.45, 7) is 0. The van der Waals surface area contributed by atoms with Gasteiger partial charge in [-0.3, -0.25) is 9.59 Å². The van der Waals surface area contributed by atoms with Crippen LogP contribution in [0.5, 0.6) is 0 Å². The SMILES string of the molecule is Cn1cccc(NC(=O)c2ccccc2C(F)(F)F)c1=O. The van der Waals surface area contributed by atoms with Crippen LogP contribution in [0.3, 0.4) is 0 Å². The lowest BCUT2D eigenvalue weighted by atomic mass is 10.1. The molecule has 0 bridgehead atoms. The van der Waals surface area contributed by atoms with Gasteiger partial charge in [0, 0.05) is 13.2 Å². The molecule has 0 spiro atoms. The molecule has 2 rings (SSSR count). The molecule has 0 saturated heterocycles. The van der Waals surface area contributed by atoms with E-state index in [-0.39, 0.29) is 5.69 Å². The third-order valence-electron chi connectivity index (χ3n) is 2.85. The van der Waals surface area contributed by atoms with E-state index in [4.69, 9.17) is 0 Å². The zero-order valence-corrected chi connectivity index (χ0v) is 10.9. The van der Waals surface area contributed by atoms with Crippen molar-refractivity contribution < 1.29 is 18.0 Å². The number of amides is 1. The van der Waals surface area contributed by atoms with Gasteiger partial charge in [0.15, 0.2) is 0 Å². The molecule has 0 aliphatic rings. The van der Waals surface area contributed by atoms with E-state index in [0.717, 1.165) is 12.1 Å². The first-order valence-electron chi connectivity index (χ1n) is 5.94. The summed E-state index contributed by atoms with van der Waals surface area (Å²) in [6.07, 6.45) is -3.17. The minimum absolute atomic E-state index is 0.0815. The van der Waals surface area contributed by atoms with Crippen molar-refractivity contribution in [2.75, 3.05) is 5.32 Å². The zero-order chi connectivity index (χ0) is 15.6. The second kappa shape index (κ2) is 5.43. The van der Waals surface area contributed by atoms with E-state index in [1.54, 1.807) is 0 Å². The average Bonchev–Trinajstić information content (AvgIpc) is 2.43. The first kappa shape index (κ1) is 14.8. The molecule has 0 aliphatic heterocycles. The predicted molar refractivity (Wildman–Crippen MR) is 71.1 cm³/mol. The summed E-state index contributed by atoms with van der Waals surface area (Å²) >= 11 is 0. The highest BCUT2D eigenvalue weighted by atomic mass is 19.4. The highest BCUT2D eigenvalue weighted by Crippen LogP contribution is 2.32. The molecule has 110 valence electrons. The lowest BCUT2D eigenvalue weighted by Gasteiger charge is -2.12. The Balaban J connectivity index is 2.38. The Labute approximate surface area is 117 Å². The van der Waals surface area contributed by atoms with Gasteiger partial charge >= 0.3 is 6.18 Å². The summed E-state index contributed by atoms with van der Waals surface area (Å²) in [7, 11) is 1.47. The number of hydrogen-bond donors (Lipinski definition) is 1. The van der Waals surface area contributed by atoms with Crippen molar-refractivity contribution in [3.05, 3.63) is 64.1 Å². The van der Waals surface area contributed by atoms with Crippen molar-refractivity contribution in [2.45, 2.75) is 6.18 Å². The van der Waals surface area contributed by atoms with Crippen LogP contribution in [0.2, 0.25) is 0 Å². The summed E-state index contributed by atoms with van der Waals surface area (Å²) in [5.41, 5.74) is -2.16. The van der Waals surface area contributed by atoms with Crippen molar-refractivity contribution in [3.63, 3.8) is 0 Å². The van der Waals surface area contributed by atoms with Crippen LogP contribution in [0.15, 0.2) is 47.4 Å². The fraction of sp³-hybridized carbons (Fsp3) is 0.143. The molecule has 2 aromatic rings. The van der Waals surface area contributed by atoms with Gasteiger partial charge in [-0.25, -0.2) is 0 Å². The van der Waals surface area contributed by atoms with Crippen molar-refractivity contribution in [1.82, 2.24) is 4.57 Å². The van der Waals surface area contributed by atoms with Crippen molar-refractivity contribution in [1.29, 1.82) is 0 Å². The van der Waals surface area contributed by atoms with Gasteiger partial charge in [0.25, 0.3) is 11.5 Å². The maximum Gasteiger partial charge on any atom is 0.417 e. The molecule has 1 heterocycles. The minimum Gasteiger partial charge on any atom is -0.317 e. The molecule has 4 nitrogen and oxygen atoms in total. The number of aromatic nitrogens is 1. The van der Waals surface area contributed by atoms with E-state index in [2.05, 4.69) is 5.32 Å². The van der Waals surface area contributed by atoms with E-state index in [0.29, 0.717) is 0 Å². The number of halogens is 3. The largest absolute Gasteiger partial charge is 0.417 e. The molecule has 0 fully saturated rings. The number of alkyl halides is 3. The Bertz CT molecular complexity index is 735. The molecule has 1 aromatic heterocycles. The van der Waals surface area contributed by atoms with Crippen LogP contribution >= 0.6 is 0 Å². The molecule has 0 unspecified atom stereocenters. The number of hydrogen-bond acceptors (Lipinski definition) is 2. The summed E-state index contributed by atoms with van der Waals surface area (Å²) in [4.78, 5) is 23.7. The topological polar surface area (TPSA) is 51.1 Å². The summed E-state index contributed by atoms with van der Waals surface area (Å²) in [5, 5.41) is 2.21. The standard InChI is InChI=1S/C14H11F3N2O2/c1-19-8-4-7-11(13(19)21)18-12(20)9-5-2-3-6-10(9)14(15,16)17/h2-8H,1H3,(H,18,20). The fourth-order valence-corrected chi connectivity index (χ4v) is 1.81. The summed E-state index contributed by atoms with van der Waals surface area (Å²) in [5.74, 6) is -0.980. The lowest BCUT2D eigenvalue weighted by molar-refractivity contribution is -0.137. The van der Waals surface area contributed by atoms with E-state index >= 15 is 0 Å². The molecule has 0 aliphatic carbocycles. The first-order chi connectivity index (χ1) is 9.80. The normalized spacial score (nSPS) is 11.2. The Morgan fingerprint density at radius 1 is 1.14 bits per heavy atom. The predicted octanol–water partition coefficient (Wildman–Crippen LogP) is 2.66. The third kappa shape index (κ3) is 3.13. The maximum atomic E-state index is 12.8. The molecular formula is C14H11F3N2O2. The molecule has 7 heteroatoms. The van der Waals surface area contributed by atoms with Gasteiger partial charge in [0.05, 0.1) is 11.1 Å². The Kier molecular flexibility index (Phi) is 3.84. The molecule has 1 N–H and O–H groups in total. The highest BCUT2D eigenvalue weighted by Gasteiger charge is 2.34. The van der Waals surface area contributed by atoms with Gasteiger partial charge in [0.1, 0.15) is 5.69 Å². The van der Waals surface area contributed by atoms with Gasteiger partial charge in [0.2, 0.25) is 0 Å². The van der Waals surface area contributed by atoms with Crippen LogP contribution in [0.4, 0.5) is 18.9 Å². The van der Waals surface area contributed by atoms with Crippen LogP contribution in [0.1, 0.15) is 15.9 Å². The number of aryl methyl sites for hydroxylation is 1. The van der Waals surface area contributed by atoms with Gasteiger partial charge in [-0.15, -0.1) is 0 Å². The van der Waals surface area contributed by atoms with Crippen LogP contribution < -0.4 is 10.9 Å². The maximum absolute atomic E-state index is 12.8. The zero-order valence-electron chi connectivity index (χ0n) is 10.9. The van der Waals surface area contributed by atoms with E-state index < -0.39 is 28.8 Å². The number of benzene rings is 1. The Hall–Kier alpha value is -2.57. The molecule has 1 aromatic carbocycles. The Morgan fingerprint density at radius 2 is 1.81 bits per heavy atom. The monoisotopic (exact) mass is 296 g/mol. The number of carbonyl (C=O) groups excluding carboxylic acids is 1. The smallest absolute Gasteiger partial charge is 0.317 e. The van der Waals surface area contributed by atoms with Crippen molar-refractivity contribution in [2.24, 2.45) is 7.05 Å². The number of nitrogens with one attached hydrogen (secondary N) is 1. The van der Waals surface area contributed by atoms with Crippen molar-refractivity contribution >= 4 is 11.6 Å². The number of nitrogens with zero attached hydrogens (tertiary/aromatic N) is 1. The summed E-state index contributed by atoms with van der Waals surface area (Å²) in [6, 6.07) is 7.24. The molecule has 21 heavy (non-hydrogen) atoms. The number of pyridine rings is 1. The van der Waals surface area contributed by atoms with Crippen molar-refractivity contribution in [3.8, 4) is 0 Å². The van der Waals surface area contributed by atoms with E-state index in [1.165, 1.54) is 42.1 Å². The summed E-state index contributed by atoms with van der Waals surface area (Å²) < 4.78 is 39.7. The van der Waals surface area contributed by atoms with E-state index in [9.17, 15) is 22.8 Å². The van der Waals surface area contributed by atoms with Crippen LogP contribution in [-0.2, 0) is 13.2 Å². The van der Waals surface area contributed by atoms with E-state index in [1.807, 2.05) is 0 Å². The molecule has 0 radical (unpaired) electrons. The van der Waals surface area contributed by atoms with Crippen LogP contribution in [0, 0.1) is 0 Å². The second-order valence-corrected chi connectivity index (χ2v) is 4.34. The van der Waals surface area contributed by atoms with Crippen LogP contribution in [0.25, 0.3) is 0 Å².